The number of aryl methyl sites for hydroxylation is 1. The molecule has 0 amide bonds. The number of carbonyl (C=O) groups excluding carboxylic acids is 1. The number of Topliss-reactive ketones (excluding diaryl/α,β-unsaturated/α-hetero) is 1. The SMILES string of the molecule is Cn1c(=O)c2c(ncn2CC(=O)CBr)n(C)c1=O. The second kappa shape index (κ2) is 4.52. The van der Waals surface area contributed by atoms with Crippen molar-refractivity contribution < 1.29 is 4.79 Å². The van der Waals surface area contributed by atoms with Gasteiger partial charge in [0.15, 0.2) is 16.9 Å². The topological polar surface area (TPSA) is 78.9 Å². The summed E-state index contributed by atoms with van der Waals surface area (Å²) in [5, 5.41) is 0.207. The van der Waals surface area contributed by atoms with Crippen molar-refractivity contribution in [3.05, 3.63) is 27.2 Å². The first-order chi connectivity index (χ1) is 8.47. The molecule has 96 valence electrons. The average molecular weight is 315 g/mol. The first kappa shape index (κ1) is 12.7. The second-order valence-electron chi connectivity index (χ2n) is 3.92. The number of aromatic nitrogens is 4. The van der Waals surface area contributed by atoms with E-state index in [4.69, 9.17) is 0 Å². The standard InChI is InChI=1S/C10H11BrN4O3/c1-13-8-7(9(17)14(2)10(13)18)15(5-12-8)4-6(16)3-11/h5H,3-4H2,1-2H3. The Bertz CT molecular complexity index is 740. The van der Waals surface area contributed by atoms with E-state index in [0.717, 1.165) is 4.57 Å². The maximum Gasteiger partial charge on any atom is 0.332 e. The van der Waals surface area contributed by atoms with Crippen LogP contribution in [0.5, 0.6) is 0 Å². The van der Waals surface area contributed by atoms with Gasteiger partial charge in [0.25, 0.3) is 5.56 Å². The molecule has 7 nitrogen and oxygen atoms in total. The Kier molecular flexibility index (Phi) is 3.20. The lowest BCUT2D eigenvalue weighted by Crippen LogP contribution is -2.37. The Labute approximate surface area is 110 Å². The molecule has 0 N–H and O–H groups in total. The van der Waals surface area contributed by atoms with Gasteiger partial charge < -0.3 is 4.57 Å². The maximum atomic E-state index is 12.0. The zero-order valence-electron chi connectivity index (χ0n) is 9.88. The molecule has 0 radical (unpaired) electrons. The Balaban J connectivity index is 2.78. The molecular formula is C10H11BrN4O3. The normalized spacial score (nSPS) is 11.1. The number of carbonyl (C=O) groups is 1. The van der Waals surface area contributed by atoms with E-state index in [0.29, 0.717) is 0 Å². The highest BCUT2D eigenvalue weighted by Gasteiger charge is 2.15. The predicted octanol–water partition coefficient (Wildman–Crippen LogP) is -0.602. The van der Waals surface area contributed by atoms with Gasteiger partial charge in [-0.25, -0.2) is 9.78 Å². The summed E-state index contributed by atoms with van der Waals surface area (Å²) in [6.07, 6.45) is 1.39. The highest BCUT2D eigenvalue weighted by atomic mass is 79.9. The summed E-state index contributed by atoms with van der Waals surface area (Å²) < 4.78 is 3.74. The van der Waals surface area contributed by atoms with E-state index in [-0.39, 0.29) is 28.8 Å². The van der Waals surface area contributed by atoms with Crippen molar-refractivity contribution in [2.24, 2.45) is 14.1 Å². The average Bonchev–Trinajstić information content (AvgIpc) is 2.77. The van der Waals surface area contributed by atoms with Crippen molar-refractivity contribution in [3.8, 4) is 0 Å². The predicted molar refractivity (Wildman–Crippen MR) is 69.0 cm³/mol. The fraction of sp³-hybridized carbons (Fsp3) is 0.400. The van der Waals surface area contributed by atoms with Gasteiger partial charge >= 0.3 is 5.69 Å². The summed E-state index contributed by atoms with van der Waals surface area (Å²) in [6, 6.07) is 0. The van der Waals surface area contributed by atoms with Crippen molar-refractivity contribution in [3.63, 3.8) is 0 Å². The van der Waals surface area contributed by atoms with Crippen LogP contribution in [0.25, 0.3) is 11.2 Å². The number of hydrogen-bond acceptors (Lipinski definition) is 4. The van der Waals surface area contributed by atoms with E-state index in [1.165, 1.54) is 29.6 Å². The smallest absolute Gasteiger partial charge is 0.317 e. The van der Waals surface area contributed by atoms with E-state index in [9.17, 15) is 14.4 Å². The number of hydrogen-bond donors (Lipinski definition) is 0. The number of alkyl halides is 1. The van der Waals surface area contributed by atoms with Crippen LogP contribution < -0.4 is 11.2 Å². The lowest BCUT2D eigenvalue weighted by atomic mass is 10.4. The van der Waals surface area contributed by atoms with E-state index >= 15 is 0 Å². The van der Waals surface area contributed by atoms with E-state index in [1.807, 2.05) is 0 Å². The summed E-state index contributed by atoms with van der Waals surface area (Å²) in [5.74, 6) is -0.0785. The van der Waals surface area contributed by atoms with Gasteiger partial charge in [-0.05, 0) is 0 Å². The van der Waals surface area contributed by atoms with Gasteiger partial charge in [0.05, 0.1) is 18.2 Å². The quantitative estimate of drug-likeness (QED) is 0.709. The molecule has 0 unspecified atom stereocenters. The van der Waals surface area contributed by atoms with E-state index in [1.54, 1.807) is 0 Å². The number of nitrogens with zero attached hydrogens (tertiary/aromatic N) is 4. The molecule has 18 heavy (non-hydrogen) atoms. The molecule has 0 atom stereocenters. The zero-order valence-corrected chi connectivity index (χ0v) is 11.5. The third-order valence-electron chi connectivity index (χ3n) is 2.71. The molecular weight excluding hydrogens is 304 g/mol. The fourth-order valence-corrected chi connectivity index (χ4v) is 1.93. The third kappa shape index (κ3) is 1.82. The molecule has 0 fully saturated rings. The van der Waals surface area contributed by atoms with Gasteiger partial charge in [0.2, 0.25) is 0 Å². The molecule has 0 aliphatic rings. The summed E-state index contributed by atoms with van der Waals surface area (Å²) in [6.45, 7) is 0.0508. The number of imidazole rings is 1. The molecule has 0 bridgehead atoms. The van der Waals surface area contributed by atoms with Crippen LogP contribution in [0.2, 0.25) is 0 Å². The van der Waals surface area contributed by atoms with E-state index < -0.39 is 11.2 Å². The Hall–Kier alpha value is -1.70. The van der Waals surface area contributed by atoms with E-state index in [2.05, 4.69) is 20.9 Å². The van der Waals surface area contributed by atoms with Crippen molar-refractivity contribution in [2.45, 2.75) is 6.54 Å². The van der Waals surface area contributed by atoms with Gasteiger partial charge in [0.1, 0.15) is 0 Å². The Morgan fingerprint density at radius 2 is 2.00 bits per heavy atom. The highest BCUT2D eigenvalue weighted by Crippen LogP contribution is 2.05. The zero-order chi connectivity index (χ0) is 13.4. The first-order valence-electron chi connectivity index (χ1n) is 5.16. The molecule has 8 heteroatoms. The van der Waals surface area contributed by atoms with Crippen LogP contribution in [0.15, 0.2) is 15.9 Å². The van der Waals surface area contributed by atoms with Gasteiger partial charge in [0, 0.05) is 14.1 Å². The summed E-state index contributed by atoms with van der Waals surface area (Å²) >= 11 is 3.06. The molecule has 2 heterocycles. The summed E-state index contributed by atoms with van der Waals surface area (Å²) in [7, 11) is 2.93. The highest BCUT2D eigenvalue weighted by molar-refractivity contribution is 9.09. The van der Waals surface area contributed by atoms with Gasteiger partial charge in [-0.2, -0.15) is 0 Å². The number of ketones is 1. The molecule has 0 aliphatic heterocycles. The van der Waals surface area contributed by atoms with Crippen molar-refractivity contribution >= 4 is 32.9 Å². The van der Waals surface area contributed by atoms with Gasteiger partial charge in [-0.3, -0.25) is 18.7 Å². The largest absolute Gasteiger partial charge is 0.332 e. The van der Waals surface area contributed by atoms with Crippen molar-refractivity contribution in [1.29, 1.82) is 0 Å². The van der Waals surface area contributed by atoms with Crippen LogP contribution in [-0.2, 0) is 25.4 Å². The molecule has 0 aromatic carbocycles. The van der Waals surface area contributed by atoms with Crippen molar-refractivity contribution in [2.75, 3.05) is 5.33 Å². The summed E-state index contributed by atoms with van der Waals surface area (Å²) in [4.78, 5) is 39.1. The molecule has 0 saturated heterocycles. The lowest BCUT2D eigenvalue weighted by Gasteiger charge is -2.05. The third-order valence-corrected chi connectivity index (χ3v) is 3.34. The minimum absolute atomic E-state index is 0.0508. The molecule has 0 aliphatic carbocycles. The lowest BCUT2D eigenvalue weighted by molar-refractivity contribution is -0.117. The molecule has 0 saturated carbocycles. The molecule has 2 rings (SSSR count). The van der Waals surface area contributed by atoms with Crippen LogP contribution >= 0.6 is 15.9 Å². The van der Waals surface area contributed by atoms with Crippen LogP contribution in [0.3, 0.4) is 0 Å². The monoisotopic (exact) mass is 314 g/mol. The Morgan fingerprint density at radius 1 is 1.33 bits per heavy atom. The van der Waals surface area contributed by atoms with Gasteiger partial charge in [-0.1, -0.05) is 15.9 Å². The maximum absolute atomic E-state index is 12.0. The number of halogens is 1. The van der Waals surface area contributed by atoms with Crippen LogP contribution in [-0.4, -0.2) is 29.8 Å². The number of rotatable bonds is 3. The molecule has 0 spiro atoms. The van der Waals surface area contributed by atoms with Crippen molar-refractivity contribution in [1.82, 2.24) is 18.7 Å². The molecule has 2 aromatic rings. The Morgan fingerprint density at radius 3 is 2.61 bits per heavy atom. The fourth-order valence-electron chi connectivity index (χ4n) is 1.75. The number of fused-ring (bicyclic) bond motifs is 1. The minimum atomic E-state index is -0.451. The minimum Gasteiger partial charge on any atom is -0.317 e. The van der Waals surface area contributed by atoms with Gasteiger partial charge in [-0.15, -0.1) is 0 Å². The van der Waals surface area contributed by atoms with Crippen LogP contribution in [0.4, 0.5) is 0 Å². The molecule has 2 aromatic heterocycles. The second-order valence-corrected chi connectivity index (χ2v) is 4.48. The first-order valence-corrected chi connectivity index (χ1v) is 6.28. The van der Waals surface area contributed by atoms with Crippen LogP contribution in [0, 0.1) is 0 Å². The van der Waals surface area contributed by atoms with Crippen LogP contribution in [0.1, 0.15) is 0 Å². The summed E-state index contributed by atoms with van der Waals surface area (Å²) in [5.41, 5.74) is -0.350.